The molecule has 1 amide bonds. The van der Waals surface area contributed by atoms with Crippen LogP contribution in [0.25, 0.3) is 0 Å². The Labute approximate surface area is 63.8 Å². The van der Waals surface area contributed by atoms with E-state index >= 15 is 0 Å². The molecule has 6 nitrogen and oxygen atoms in total. The van der Waals surface area contributed by atoms with Gasteiger partial charge in [-0.25, -0.2) is 5.06 Å². The predicted molar refractivity (Wildman–Crippen MR) is 36.3 cm³/mol. The zero-order valence-corrected chi connectivity index (χ0v) is 6.44. The molecule has 0 aliphatic heterocycles. The van der Waals surface area contributed by atoms with E-state index < -0.39 is 10.8 Å². The molecule has 0 N–H and O–H groups in total. The lowest BCUT2D eigenvalue weighted by Gasteiger charge is -2.11. The van der Waals surface area contributed by atoms with Gasteiger partial charge in [0.15, 0.2) is 0 Å². The minimum absolute atomic E-state index is 0.128. The van der Waals surface area contributed by atoms with E-state index in [0.717, 1.165) is 5.06 Å². The van der Waals surface area contributed by atoms with Gasteiger partial charge in [0.25, 0.3) is 5.91 Å². The molecule has 0 aromatic heterocycles. The highest BCUT2D eigenvalue weighted by Crippen LogP contribution is 1.90. The van der Waals surface area contributed by atoms with Crippen LogP contribution in [0, 0.1) is 10.1 Å². The van der Waals surface area contributed by atoms with Crippen LogP contribution in [-0.4, -0.2) is 36.6 Å². The summed E-state index contributed by atoms with van der Waals surface area (Å²) in [4.78, 5) is 24.5. The first-order chi connectivity index (χ1) is 5.07. The second-order valence-corrected chi connectivity index (χ2v) is 1.88. The van der Waals surface area contributed by atoms with Gasteiger partial charge in [-0.15, -0.1) is 0 Å². The Morgan fingerprint density at radius 3 is 2.64 bits per heavy atom. The van der Waals surface area contributed by atoms with Crippen molar-refractivity contribution >= 4 is 5.91 Å². The molecule has 0 aromatic rings. The maximum atomic E-state index is 10.8. The van der Waals surface area contributed by atoms with Crippen LogP contribution in [0.5, 0.6) is 0 Å². The number of nitrogens with zero attached hydrogens (tertiary/aromatic N) is 2. The quantitative estimate of drug-likeness (QED) is 0.419. The van der Waals surface area contributed by atoms with E-state index in [9.17, 15) is 14.9 Å². The summed E-state index contributed by atoms with van der Waals surface area (Å²) in [6.07, 6.45) is -0.128. The van der Waals surface area contributed by atoms with Crippen LogP contribution in [0.1, 0.15) is 6.42 Å². The van der Waals surface area contributed by atoms with E-state index in [1.807, 2.05) is 0 Å². The zero-order valence-electron chi connectivity index (χ0n) is 6.44. The molecule has 6 heteroatoms. The summed E-state index contributed by atoms with van der Waals surface area (Å²) >= 11 is 0. The highest BCUT2D eigenvalue weighted by atomic mass is 16.7. The molecule has 0 aromatic carbocycles. The Balaban J connectivity index is 3.60. The average molecular weight is 162 g/mol. The Bertz CT molecular complexity index is 159. The highest BCUT2D eigenvalue weighted by molar-refractivity contribution is 5.74. The van der Waals surface area contributed by atoms with Crippen LogP contribution in [0.2, 0.25) is 0 Å². The van der Waals surface area contributed by atoms with E-state index in [-0.39, 0.29) is 13.0 Å². The highest BCUT2D eigenvalue weighted by Gasteiger charge is 2.10. The van der Waals surface area contributed by atoms with Gasteiger partial charge in [-0.1, -0.05) is 0 Å². The van der Waals surface area contributed by atoms with Crippen molar-refractivity contribution in [3.63, 3.8) is 0 Å². The molecule has 0 heterocycles. The van der Waals surface area contributed by atoms with Crippen LogP contribution in [0.3, 0.4) is 0 Å². The number of hydrogen-bond donors (Lipinski definition) is 0. The number of carbonyl (C=O) groups excluding carboxylic acids is 1. The van der Waals surface area contributed by atoms with Crippen molar-refractivity contribution in [1.82, 2.24) is 5.06 Å². The number of hydrogen-bond acceptors (Lipinski definition) is 4. The topological polar surface area (TPSA) is 72.7 Å². The maximum absolute atomic E-state index is 10.8. The van der Waals surface area contributed by atoms with Crippen LogP contribution in [0.15, 0.2) is 0 Å². The van der Waals surface area contributed by atoms with Gasteiger partial charge in [0.05, 0.1) is 13.5 Å². The SMILES string of the molecule is CON(C)C(=O)CC[N+](=O)[O-]. The third-order valence-electron chi connectivity index (χ3n) is 1.13. The molecule has 11 heavy (non-hydrogen) atoms. The number of nitro groups is 1. The summed E-state index contributed by atoms with van der Waals surface area (Å²) in [7, 11) is 2.73. The molecule has 0 saturated carbocycles. The largest absolute Gasteiger partial charge is 0.275 e. The van der Waals surface area contributed by atoms with Crippen molar-refractivity contribution in [3.8, 4) is 0 Å². The average Bonchev–Trinajstić information content (AvgIpc) is 1.98. The number of rotatable bonds is 4. The van der Waals surface area contributed by atoms with Crippen LogP contribution >= 0.6 is 0 Å². The van der Waals surface area contributed by atoms with E-state index in [2.05, 4.69) is 4.84 Å². The second kappa shape index (κ2) is 4.62. The summed E-state index contributed by atoms with van der Waals surface area (Å²) in [6, 6.07) is 0. The molecule has 0 fully saturated rings. The number of hydroxylamine groups is 2. The van der Waals surface area contributed by atoms with E-state index in [4.69, 9.17) is 0 Å². The molecule has 0 unspecified atom stereocenters. The summed E-state index contributed by atoms with van der Waals surface area (Å²) in [5, 5.41) is 10.8. The minimum atomic E-state index is -0.540. The molecule has 0 saturated heterocycles. The van der Waals surface area contributed by atoms with E-state index in [1.54, 1.807) is 0 Å². The zero-order chi connectivity index (χ0) is 8.85. The summed E-state index contributed by atoms with van der Waals surface area (Å²) in [5.74, 6) is -0.399. The third kappa shape index (κ3) is 4.26. The van der Waals surface area contributed by atoms with Gasteiger partial charge in [-0.05, 0) is 0 Å². The second-order valence-electron chi connectivity index (χ2n) is 1.88. The normalized spacial score (nSPS) is 9.27. The van der Waals surface area contributed by atoms with Crippen LogP contribution < -0.4 is 0 Å². The first-order valence-electron chi connectivity index (χ1n) is 3.00. The Kier molecular flexibility index (Phi) is 4.12. The first-order valence-corrected chi connectivity index (χ1v) is 3.00. The van der Waals surface area contributed by atoms with Crippen molar-refractivity contribution in [2.24, 2.45) is 0 Å². The van der Waals surface area contributed by atoms with Gasteiger partial charge in [0, 0.05) is 12.0 Å². The fraction of sp³-hybridized carbons (Fsp3) is 0.800. The molecular weight excluding hydrogens is 152 g/mol. The number of amides is 1. The van der Waals surface area contributed by atoms with E-state index in [0.29, 0.717) is 0 Å². The molecule has 0 rings (SSSR count). The van der Waals surface area contributed by atoms with Gasteiger partial charge in [-0.2, -0.15) is 0 Å². The van der Waals surface area contributed by atoms with Crippen molar-refractivity contribution < 1.29 is 14.6 Å². The fourth-order valence-electron chi connectivity index (χ4n) is 0.446. The van der Waals surface area contributed by atoms with Gasteiger partial charge in [0.1, 0.15) is 0 Å². The Morgan fingerprint density at radius 2 is 2.27 bits per heavy atom. The maximum Gasteiger partial charge on any atom is 0.252 e. The van der Waals surface area contributed by atoms with Gasteiger partial charge in [0.2, 0.25) is 6.54 Å². The Hall–Kier alpha value is -1.17. The monoisotopic (exact) mass is 162 g/mol. The predicted octanol–water partition coefficient (Wildman–Crippen LogP) is -0.327. The van der Waals surface area contributed by atoms with E-state index in [1.165, 1.54) is 14.2 Å². The molecule has 0 aliphatic carbocycles. The Morgan fingerprint density at radius 1 is 1.73 bits per heavy atom. The fourth-order valence-corrected chi connectivity index (χ4v) is 0.446. The smallest absolute Gasteiger partial charge is 0.252 e. The van der Waals surface area contributed by atoms with Gasteiger partial charge >= 0.3 is 0 Å². The minimum Gasteiger partial charge on any atom is -0.275 e. The summed E-state index contributed by atoms with van der Waals surface area (Å²) < 4.78 is 0. The number of carbonyl (C=O) groups is 1. The van der Waals surface area contributed by atoms with Gasteiger partial charge < -0.3 is 0 Å². The molecule has 0 spiro atoms. The standard InChI is InChI=1S/C5H10N2O4/c1-6(11-2)5(8)3-4-7(9)10/h3-4H2,1-2H3. The lowest BCUT2D eigenvalue weighted by molar-refractivity contribution is -0.479. The summed E-state index contributed by atoms with van der Waals surface area (Å²) in [6.45, 7) is -0.355. The van der Waals surface area contributed by atoms with Gasteiger partial charge in [-0.3, -0.25) is 19.7 Å². The third-order valence-corrected chi connectivity index (χ3v) is 1.13. The van der Waals surface area contributed by atoms with Crippen LogP contribution in [-0.2, 0) is 9.63 Å². The molecular formula is C5H10N2O4. The van der Waals surface area contributed by atoms with Crippen molar-refractivity contribution in [3.05, 3.63) is 10.1 Å². The molecule has 0 radical (unpaired) electrons. The molecule has 0 bridgehead atoms. The van der Waals surface area contributed by atoms with Crippen molar-refractivity contribution in [2.45, 2.75) is 6.42 Å². The molecule has 64 valence electrons. The molecule has 0 atom stereocenters. The van der Waals surface area contributed by atoms with Crippen molar-refractivity contribution in [1.29, 1.82) is 0 Å². The first kappa shape index (κ1) is 9.83. The lowest BCUT2D eigenvalue weighted by Crippen LogP contribution is -2.27. The van der Waals surface area contributed by atoms with Crippen LogP contribution in [0.4, 0.5) is 0 Å². The summed E-state index contributed by atoms with van der Waals surface area (Å²) in [5.41, 5.74) is 0. The lowest BCUT2D eigenvalue weighted by atomic mass is 10.4. The van der Waals surface area contributed by atoms with Crippen molar-refractivity contribution in [2.75, 3.05) is 20.7 Å². The molecule has 0 aliphatic rings.